The Bertz CT molecular complexity index is 1120. The van der Waals surface area contributed by atoms with Crippen molar-refractivity contribution in [3.8, 4) is 0 Å². The van der Waals surface area contributed by atoms with Gasteiger partial charge in [-0.05, 0) is 44.1 Å². The molecule has 41 heavy (non-hydrogen) atoms. The van der Waals surface area contributed by atoms with E-state index in [1.807, 2.05) is 44.2 Å². The van der Waals surface area contributed by atoms with Crippen molar-refractivity contribution in [1.82, 2.24) is 9.80 Å². The molecular formula is C33H46N2O6. The number of hydrogen-bond donors (Lipinski definition) is 1. The molecule has 1 N–H and O–H groups in total. The van der Waals surface area contributed by atoms with E-state index >= 15 is 0 Å². The summed E-state index contributed by atoms with van der Waals surface area (Å²) in [5, 5.41) is 10.7. The highest BCUT2D eigenvalue weighted by Gasteiger charge is 2.80. The Morgan fingerprint density at radius 1 is 1.22 bits per heavy atom. The summed E-state index contributed by atoms with van der Waals surface area (Å²) in [5.41, 5.74) is -1.44. The van der Waals surface area contributed by atoms with Gasteiger partial charge in [0, 0.05) is 13.1 Å². The molecule has 0 radical (unpaired) electrons. The average molecular weight is 567 g/mol. The van der Waals surface area contributed by atoms with Gasteiger partial charge in [0.05, 0.1) is 30.8 Å². The van der Waals surface area contributed by atoms with Gasteiger partial charge in [0.25, 0.3) is 0 Å². The highest BCUT2D eigenvalue weighted by Crippen LogP contribution is 2.66. The van der Waals surface area contributed by atoms with Gasteiger partial charge in [0.2, 0.25) is 11.8 Å². The van der Waals surface area contributed by atoms with Gasteiger partial charge in [0.15, 0.2) is 0 Å². The number of carbonyl (C=O) groups is 3. The average Bonchev–Trinajstić information content (AvgIpc) is 3.48. The van der Waals surface area contributed by atoms with E-state index in [4.69, 9.17) is 9.47 Å². The summed E-state index contributed by atoms with van der Waals surface area (Å²) >= 11 is 0. The Hall–Kier alpha value is -2.97. The van der Waals surface area contributed by atoms with E-state index < -0.39 is 41.1 Å². The number of fused-ring (bicyclic) bond motifs is 1. The molecule has 0 aromatic heterocycles. The molecule has 0 saturated carbocycles. The summed E-state index contributed by atoms with van der Waals surface area (Å²) in [6.07, 6.45) is 8.08. The van der Waals surface area contributed by atoms with Crippen molar-refractivity contribution < 1.29 is 29.0 Å². The zero-order valence-electron chi connectivity index (χ0n) is 24.8. The Morgan fingerprint density at radius 2 is 1.95 bits per heavy atom. The van der Waals surface area contributed by atoms with Crippen molar-refractivity contribution in [2.75, 3.05) is 26.3 Å². The second kappa shape index (κ2) is 12.9. The SMILES string of the molecule is C=CCCCOC(=O)[C@@H]1[C@H]2C(=O)N([C@H](CO)c3ccccc3)C(C(=O)N(CC=C)CCCCC)C23CC(C)[C@@]1(C)O3. The van der Waals surface area contributed by atoms with E-state index in [2.05, 4.69) is 20.1 Å². The highest BCUT2D eigenvalue weighted by atomic mass is 16.6. The van der Waals surface area contributed by atoms with E-state index in [1.54, 1.807) is 17.1 Å². The van der Waals surface area contributed by atoms with Crippen LogP contribution in [-0.4, -0.2) is 76.2 Å². The lowest BCUT2D eigenvalue weighted by molar-refractivity contribution is -0.164. The van der Waals surface area contributed by atoms with Crippen LogP contribution in [-0.2, 0) is 23.9 Å². The maximum Gasteiger partial charge on any atom is 0.312 e. The summed E-state index contributed by atoms with van der Waals surface area (Å²) in [7, 11) is 0. The third kappa shape index (κ3) is 5.37. The van der Waals surface area contributed by atoms with Gasteiger partial charge < -0.3 is 24.4 Å². The number of aliphatic hydroxyl groups is 1. The predicted octanol–water partition coefficient (Wildman–Crippen LogP) is 4.44. The standard InChI is InChI=1S/C33H46N2O6/c1-6-9-14-19-34(18-8-3)30(38)28-33-21-23(4)32(5,41-33)27(31(39)40-20-15-10-7-2)26(33)29(37)35(28)25(22-36)24-16-12-11-13-17-24/h7-8,11-13,16-17,23,25-28,36H,2-3,6,9-10,14-15,18-22H2,1,4-5H3/t23?,25-,26+,27+,28?,32-,33?/m1/s1. The number of amides is 2. The first kappa shape index (κ1) is 31.0. The molecule has 8 heteroatoms. The van der Waals surface area contributed by atoms with Crippen LogP contribution < -0.4 is 0 Å². The van der Waals surface area contributed by atoms with Crippen LogP contribution in [0.5, 0.6) is 0 Å². The number of unbranched alkanes of at least 4 members (excludes halogenated alkanes) is 3. The largest absolute Gasteiger partial charge is 0.465 e. The number of nitrogens with zero attached hydrogens (tertiary/aromatic N) is 2. The molecule has 7 atom stereocenters. The normalized spacial score (nSPS) is 30.6. The topological polar surface area (TPSA) is 96.4 Å². The molecule has 3 aliphatic heterocycles. The van der Waals surface area contributed by atoms with Gasteiger partial charge >= 0.3 is 5.97 Å². The molecular weight excluding hydrogens is 520 g/mol. The van der Waals surface area contributed by atoms with E-state index in [-0.39, 0.29) is 30.9 Å². The third-order valence-corrected chi connectivity index (χ3v) is 9.42. The molecule has 224 valence electrons. The summed E-state index contributed by atoms with van der Waals surface area (Å²) in [4.78, 5) is 46.1. The molecule has 4 rings (SSSR count). The summed E-state index contributed by atoms with van der Waals surface area (Å²) in [5.74, 6) is -2.88. The van der Waals surface area contributed by atoms with E-state index in [0.717, 1.165) is 24.8 Å². The van der Waals surface area contributed by atoms with Crippen molar-refractivity contribution in [1.29, 1.82) is 0 Å². The number of aliphatic hydroxyl groups excluding tert-OH is 1. The fourth-order valence-electron chi connectivity index (χ4n) is 7.34. The molecule has 0 aliphatic carbocycles. The maximum atomic E-state index is 14.6. The number of rotatable bonds is 15. The Labute approximate surface area is 244 Å². The second-order valence-electron chi connectivity index (χ2n) is 11.9. The van der Waals surface area contributed by atoms with Crippen LogP contribution in [0.2, 0.25) is 0 Å². The quantitative estimate of drug-likeness (QED) is 0.192. The number of benzene rings is 1. The van der Waals surface area contributed by atoms with Gasteiger partial charge in [-0.25, -0.2) is 0 Å². The fraction of sp³-hybridized carbons (Fsp3) is 0.606. The second-order valence-corrected chi connectivity index (χ2v) is 11.9. The molecule has 3 aliphatic rings. The fourth-order valence-corrected chi connectivity index (χ4v) is 7.34. The number of carbonyl (C=O) groups excluding carboxylic acids is 3. The summed E-state index contributed by atoms with van der Waals surface area (Å²) < 4.78 is 12.5. The first-order valence-electron chi connectivity index (χ1n) is 15.1. The van der Waals surface area contributed by atoms with Crippen molar-refractivity contribution in [2.24, 2.45) is 17.8 Å². The number of esters is 1. The van der Waals surface area contributed by atoms with Crippen LogP contribution >= 0.6 is 0 Å². The van der Waals surface area contributed by atoms with Gasteiger partial charge in [-0.15, -0.1) is 13.2 Å². The molecule has 8 nitrogen and oxygen atoms in total. The number of hydrogen-bond acceptors (Lipinski definition) is 6. The highest BCUT2D eigenvalue weighted by molar-refractivity contribution is 5.99. The third-order valence-electron chi connectivity index (χ3n) is 9.42. The smallest absolute Gasteiger partial charge is 0.312 e. The molecule has 3 fully saturated rings. The Morgan fingerprint density at radius 3 is 2.59 bits per heavy atom. The lowest BCUT2D eigenvalue weighted by Crippen LogP contribution is -2.57. The minimum atomic E-state index is -1.21. The number of ether oxygens (including phenoxy) is 2. The minimum absolute atomic E-state index is 0.0928. The predicted molar refractivity (Wildman–Crippen MR) is 157 cm³/mol. The van der Waals surface area contributed by atoms with Crippen LogP contribution in [0.15, 0.2) is 55.6 Å². The zero-order valence-corrected chi connectivity index (χ0v) is 24.8. The summed E-state index contributed by atoms with van der Waals surface area (Å²) in [6.45, 7) is 14.3. The molecule has 3 heterocycles. The molecule has 2 amide bonds. The Balaban J connectivity index is 1.80. The van der Waals surface area contributed by atoms with Crippen LogP contribution in [0, 0.1) is 17.8 Å². The first-order valence-corrected chi connectivity index (χ1v) is 15.1. The monoisotopic (exact) mass is 566 g/mol. The minimum Gasteiger partial charge on any atom is -0.465 e. The van der Waals surface area contributed by atoms with Gasteiger partial charge in [-0.2, -0.15) is 0 Å². The molecule has 2 bridgehead atoms. The zero-order chi connectivity index (χ0) is 29.8. The first-order chi connectivity index (χ1) is 19.7. The number of likely N-dealkylation sites (tertiary alicyclic amines) is 1. The van der Waals surface area contributed by atoms with Gasteiger partial charge in [-0.3, -0.25) is 14.4 Å². The van der Waals surface area contributed by atoms with Crippen molar-refractivity contribution >= 4 is 17.8 Å². The van der Waals surface area contributed by atoms with Crippen LogP contribution in [0.4, 0.5) is 0 Å². The lowest BCUT2D eigenvalue weighted by atomic mass is 9.62. The molecule has 3 saturated heterocycles. The Kier molecular flexibility index (Phi) is 9.75. The number of allylic oxidation sites excluding steroid dienone is 1. The molecule has 3 unspecified atom stereocenters. The van der Waals surface area contributed by atoms with Crippen LogP contribution in [0.3, 0.4) is 0 Å². The van der Waals surface area contributed by atoms with E-state index in [1.165, 1.54) is 4.90 Å². The van der Waals surface area contributed by atoms with Crippen molar-refractivity contribution in [2.45, 2.75) is 82.6 Å². The summed E-state index contributed by atoms with van der Waals surface area (Å²) in [6, 6.07) is 7.48. The van der Waals surface area contributed by atoms with Gasteiger partial charge in [0.1, 0.15) is 17.6 Å². The van der Waals surface area contributed by atoms with Gasteiger partial charge in [-0.1, -0.05) is 69.2 Å². The molecule has 1 aromatic rings. The van der Waals surface area contributed by atoms with Crippen LogP contribution in [0.25, 0.3) is 0 Å². The lowest BCUT2D eigenvalue weighted by Gasteiger charge is -2.39. The molecule has 1 spiro atoms. The van der Waals surface area contributed by atoms with E-state index in [9.17, 15) is 19.5 Å². The van der Waals surface area contributed by atoms with Crippen molar-refractivity contribution in [3.63, 3.8) is 0 Å². The van der Waals surface area contributed by atoms with Crippen molar-refractivity contribution in [3.05, 3.63) is 61.2 Å². The molecule has 1 aromatic carbocycles. The van der Waals surface area contributed by atoms with Crippen LogP contribution in [0.1, 0.15) is 70.9 Å². The maximum absolute atomic E-state index is 14.6. The van der Waals surface area contributed by atoms with E-state index in [0.29, 0.717) is 32.4 Å².